The van der Waals surface area contributed by atoms with Gasteiger partial charge in [-0.3, -0.25) is 14.8 Å². The number of hydrogen-bond donors (Lipinski definition) is 1. The summed E-state index contributed by atoms with van der Waals surface area (Å²) in [6.45, 7) is 2.12. The van der Waals surface area contributed by atoms with Crippen molar-refractivity contribution < 1.29 is 10.2 Å². The second kappa shape index (κ2) is 3.75. The van der Waals surface area contributed by atoms with Crippen molar-refractivity contribution in [2.45, 2.75) is 18.9 Å². The maximum absolute atomic E-state index is 10.4. The Morgan fingerprint density at radius 3 is 3.14 bits per heavy atom. The van der Waals surface area contributed by atoms with E-state index in [9.17, 15) is 10.1 Å². The maximum atomic E-state index is 10.4. The SMILES string of the molecule is O=[N+]([O-])c1cnn(C2CCC[NH2+]C2)c1. The summed E-state index contributed by atoms with van der Waals surface area (Å²) in [5.74, 6) is 0. The summed E-state index contributed by atoms with van der Waals surface area (Å²) in [7, 11) is 0. The molecule has 0 saturated carbocycles. The van der Waals surface area contributed by atoms with Crippen LogP contribution < -0.4 is 5.32 Å². The molecule has 1 unspecified atom stereocenters. The molecule has 2 rings (SSSR count). The van der Waals surface area contributed by atoms with Gasteiger partial charge in [0.15, 0.2) is 0 Å². The molecule has 0 spiro atoms. The Morgan fingerprint density at radius 2 is 2.57 bits per heavy atom. The van der Waals surface area contributed by atoms with Crippen molar-refractivity contribution in [1.82, 2.24) is 9.78 Å². The lowest BCUT2D eigenvalue weighted by atomic mass is 10.1. The normalized spacial score (nSPS) is 22.1. The molecule has 6 heteroatoms. The van der Waals surface area contributed by atoms with Crippen molar-refractivity contribution in [2.24, 2.45) is 0 Å². The lowest BCUT2D eigenvalue weighted by Crippen LogP contribution is -2.87. The zero-order valence-electron chi connectivity index (χ0n) is 7.80. The fraction of sp³-hybridized carbons (Fsp3) is 0.625. The van der Waals surface area contributed by atoms with E-state index >= 15 is 0 Å². The molecular formula is C8H13N4O2+. The Labute approximate surface area is 81.1 Å². The van der Waals surface area contributed by atoms with Crippen LogP contribution in [0, 0.1) is 10.1 Å². The molecule has 2 heterocycles. The van der Waals surface area contributed by atoms with Gasteiger partial charge in [0.05, 0.1) is 18.0 Å². The molecule has 1 atom stereocenters. The first-order valence-electron chi connectivity index (χ1n) is 4.77. The van der Waals surface area contributed by atoms with Crippen molar-refractivity contribution >= 4 is 5.69 Å². The first-order valence-corrected chi connectivity index (χ1v) is 4.77. The molecule has 76 valence electrons. The fourth-order valence-electron chi connectivity index (χ4n) is 1.79. The van der Waals surface area contributed by atoms with Gasteiger partial charge < -0.3 is 5.32 Å². The highest BCUT2D eigenvalue weighted by molar-refractivity contribution is 5.21. The predicted molar refractivity (Wildman–Crippen MR) is 48.8 cm³/mol. The minimum Gasteiger partial charge on any atom is -0.344 e. The van der Waals surface area contributed by atoms with Crippen LogP contribution in [0.3, 0.4) is 0 Å². The predicted octanol–water partition coefficient (Wildman–Crippen LogP) is -0.310. The summed E-state index contributed by atoms with van der Waals surface area (Å²) < 4.78 is 1.72. The summed E-state index contributed by atoms with van der Waals surface area (Å²) in [6, 6.07) is 0.317. The van der Waals surface area contributed by atoms with Crippen LogP contribution in [0.25, 0.3) is 0 Å². The number of piperidine rings is 1. The first-order chi connectivity index (χ1) is 6.77. The highest BCUT2D eigenvalue weighted by atomic mass is 16.6. The van der Waals surface area contributed by atoms with E-state index in [0.29, 0.717) is 6.04 Å². The van der Waals surface area contributed by atoms with E-state index in [4.69, 9.17) is 0 Å². The van der Waals surface area contributed by atoms with Crippen LogP contribution in [-0.4, -0.2) is 27.8 Å². The van der Waals surface area contributed by atoms with Crippen molar-refractivity contribution in [3.63, 3.8) is 0 Å². The van der Waals surface area contributed by atoms with E-state index in [2.05, 4.69) is 10.4 Å². The van der Waals surface area contributed by atoms with Crippen LogP contribution >= 0.6 is 0 Å². The number of nitro groups is 1. The molecular weight excluding hydrogens is 184 g/mol. The summed E-state index contributed by atoms with van der Waals surface area (Å²) >= 11 is 0. The van der Waals surface area contributed by atoms with Gasteiger partial charge in [-0.1, -0.05) is 0 Å². The lowest BCUT2D eigenvalue weighted by Gasteiger charge is -2.19. The third-order valence-corrected chi connectivity index (χ3v) is 2.56. The van der Waals surface area contributed by atoms with Gasteiger partial charge in [0.25, 0.3) is 0 Å². The topological polar surface area (TPSA) is 77.6 Å². The van der Waals surface area contributed by atoms with E-state index < -0.39 is 4.92 Å². The monoisotopic (exact) mass is 197 g/mol. The molecule has 1 fully saturated rings. The molecule has 1 saturated heterocycles. The minimum atomic E-state index is -0.407. The second-order valence-electron chi connectivity index (χ2n) is 3.54. The highest BCUT2D eigenvalue weighted by Crippen LogP contribution is 2.16. The van der Waals surface area contributed by atoms with E-state index in [1.807, 2.05) is 0 Å². The largest absolute Gasteiger partial charge is 0.344 e. The third-order valence-electron chi connectivity index (χ3n) is 2.56. The van der Waals surface area contributed by atoms with Crippen molar-refractivity contribution in [3.8, 4) is 0 Å². The molecule has 0 bridgehead atoms. The van der Waals surface area contributed by atoms with Crippen LogP contribution in [0.15, 0.2) is 12.4 Å². The summed E-state index contributed by atoms with van der Waals surface area (Å²) in [5.41, 5.74) is 0.0792. The van der Waals surface area contributed by atoms with E-state index in [1.54, 1.807) is 4.68 Å². The molecule has 0 aromatic carbocycles. The zero-order valence-corrected chi connectivity index (χ0v) is 7.80. The van der Waals surface area contributed by atoms with Gasteiger partial charge >= 0.3 is 5.69 Å². The zero-order chi connectivity index (χ0) is 9.97. The summed E-state index contributed by atoms with van der Waals surface area (Å²) in [5, 5.41) is 16.7. The number of hydrogen-bond acceptors (Lipinski definition) is 3. The van der Waals surface area contributed by atoms with Crippen molar-refractivity contribution in [2.75, 3.05) is 13.1 Å². The van der Waals surface area contributed by atoms with Crippen LogP contribution in [0.2, 0.25) is 0 Å². The highest BCUT2D eigenvalue weighted by Gasteiger charge is 2.20. The maximum Gasteiger partial charge on any atom is 0.307 e. The Morgan fingerprint density at radius 1 is 1.71 bits per heavy atom. The molecule has 2 N–H and O–H groups in total. The van der Waals surface area contributed by atoms with E-state index in [-0.39, 0.29) is 5.69 Å². The molecule has 0 aliphatic carbocycles. The summed E-state index contributed by atoms with van der Waals surface area (Å²) in [4.78, 5) is 10.0. The number of rotatable bonds is 2. The van der Waals surface area contributed by atoms with Gasteiger partial charge in [0.2, 0.25) is 0 Å². The van der Waals surface area contributed by atoms with Crippen LogP contribution in [0.1, 0.15) is 18.9 Å². The fourth-order valence-corrected chi connectivity index (χ4v) is 1.79. The van der Waals surface area contributed by atoms with Gasteiger partial charge in [-0.2, -0.15) is 5.10 Å². The molecule has 1 aromatic heterocycles. The Balaban J connectivity index is 2.11. The Hall–Kier alpha value is -1.43. The average Bonchev–Trinajstić information content (AvgIpc) is 2.68. The molecule has 1 aromatic rings. The standard InChI is InChI=1S/C8H12N4O2/c13-12(14)8-5-10-11(6-8)7-2-1-3-9-4-7/h5-7,9H,1-4H2/p+1. The molecule has 1 aliphatic rings. The molecule has 14 heavy (non-hydrogen) atoms. The molecule has 6 nitrogen and oxygen atoms in total. The van der Waals surface area contributed by atoms with Crippen LogP contribution in [0.4, 0.5) is 5.69 Å². The van der Waals surface area contributed by atoms with Crippen molar-refractivity contribution in [3.05, 3.63) is 22.5 Å². The number of nitrogens with two attached hydrogens (primary N) is 1. The average molecular weight is 197 g/mol. The number of aromatic nitrogens is 2. The molecule has 0 radical (unpaired) electrons. The minimum absolute atomic E-state index is 0.0792. The number of nitrogens with zero attached hydrogens (tertiary/aromatic N) is 3. The van der Waals surface area contributed by atoms with Gasteiger partial charge in [-0.15, -0.1) is 0 Å². The van der Waals surface area contributed by atoms with E-state index in [0.717, 1.165) is 25.9 Å². The Bertz CT molecular complexity index is 330. The van der Waals surface area contributed by atoms with Gasteiger partial charge in [0, 0.05) is 0 Å². The van der Waals surface area contributed by atoms with Gasteiger partial charge in [-0.05, 0) is 12.8 Å². The van der Waals surface area contributed by atoms with Crippen LogP contribution in [-0.2, 0) is 0 Å². The summed E-state index contributed by atoms with van der Waals surface area (Å²) in [6.07, 6.45) is 5.05. The smallest absolute Gasteiger partial charge is 0.307 e. The number of quaternary nitrogens is 1. The van der Waals surface area contributed by atoms with Gasteiger partial charge in [-0.25, -0.2) is 0 Å². The third kappa shape index (κ3) is 1.74. The van der Waals surface area contributed by atoms with E-state index in [1.165, 1.54) is 12.4 Å². The van der Waals surface area contributed by atoms with Crippen LogP contribution in [0.5, 0.6) is 0 Å². The Kier molecular flexibility index (Phi) is 2.45. The second-order valence-corrected chi connectivity index (χ2v) is 3.54. The lowest BCUT2D eigenvalue weighted by molar-refractivity contribution is -0.667. The molecule has 0 amide bonds. The molecule has 1 aliphatic heterocycles. The van der Waals surface area contributed by atoms with Gasteiger partial charge in [0.1, 0.15) is 18.4 Å². The quantitative estimate of drug-likeness (QED) is 0.521. The first kappa shape index (κ1) is 9.14. The van der Waals surface area contributed by atoms with Crippen molar-refractivity contribution in [1.29, 1.82) is 0 Å².